The molecule has 2 N–H and O–H groups in total. The van der Waals surface area contributed by atoms with Crippen LogP contribution in [0.1, 0.15) is 41.5 Å². The quantitative estimate of drug-likeness (QED) is 0.535. The summed E-state index contributed by atoms with van der Waals surface area (Å²) in [7, 11) is 1.25. The molecule has 31 heavy (non-hydrogen) atoms. The first-order chi connectivity index (χ1) is 14.3. The molecule has 0 spiro atoms. The zero-order chi connectivity index (χ0) is 23.1. The second kappa shape index (κ2) is 8.62. The Morgan fingerprint density at radius 2 is 1.52 bits per heavy atom. The van der Waals surface area contributed by atoms with E-state index in [4.69, 9.17) is 28.4 Å². The van der Waals surface area contributed by atoms with Gasteiger partial charge in [0.05, 0.1) is 13.7 Å². The van der Waals surface area contributed by atoms with Crippen LogP contribution in [0.4, 0.5) is 0 Å². The highest BCUT2D eigenvalue weighted by atomic mass is 16.9. The van der Waals surface area contributed by atoms with Crippen LogP contribution < -0.4 is 10.6 Å². The monoisotopic (exact) mass is 444 g/mol. The van der Waals surface area contributed by atoms with Crippen LogP contribution in [-0.4, -0.2) is 79.8 Å². The summed E-state index contributed by atoms with van der Waals surface area (Å²) in [6.45, 7) is 10.2. The minimum atomic E-state index is -1.07. The van der Waals surface area contributed by atoms with Gasteiger partial charge in [-0.3, -0.25) is 9.59 Å². The number of ether oxygens (including phenoxy) is 6. The summed E-state index contributed by atoms with van der Waals surface area (Å²) in [5, 5.41) is 5.10. The van der Waals surface area contributed by atoms with Gasteiger partial charge >= 0.3 is 5.97 Å². The van der Waals surface area contributed by atoms with E-state index in [1.54, 1.807) is 41.5 Å². The standard InChI is InChI=1S/C20H32N2O9/c1-9(2)11(17(25)26-7)22-10(23)8-21-16(24)14-12-13(29-19(3,4)28-12)15-18(27-14)31-20(5,6)30-15/h9,11-15,18H,8H2,1-7H3,(H,21,24)(H,22,23)/t11-,12+,13-,14-,15+,18+/m0/s1. The van der Waals surface area contributed by atoms with Crippen molar-refractivity contribution in [3.8, 4) is 0 Å². The second-order valence-corrected chi connectivity index (χ2v) is 9.12. The number of carbonyl (C=O) groups excluding carboxylic acids is 3. The first-order valence-corrected chi connectivity index (χ1v) is 10.3. The Kier molecular flexibility index (Phi) is 6.64. The Bertz CT molecular complexity index is 723. The van der Waals surface area contributed by atoms with Crippen LogP contribution in [-0.2, 0) is 42.8 Å². The molecule has 0 aliphatic carbocycles. The molecule has 2 amide bonds. The van der Waals surface area contributed by atoms with E-state index >= 15 is 0 Å². The number of nitrogens with one attached hydrogen (secondary N) is 2. The zero-order valence-electron chi connectivity index (χ0n) is 18.9. The van der Waals surface area contributed by atoms with Gasteiger partial charge in [0.1, 0.15) is 24.4 Å². The molecule has 3 saturated heterocycles. The van der Waals surface area contributed by atoms with E-state index in [2.05, 4.69) is 10.6 Å². The van der Waals surface area contributed by atoms with Gasteiger partial charge in [0.2, 0.25) is 5.91 Å². The number of hydrogen-bond acceptors (Lipinski definition) is 9. The van der Waals surface area contributed by atoms with Crippen molar-refractivity contribution in [1.82, 2.24) is 10.6 Å². The van der Waals surface area contributed by atoms with Crippen LogP contribution in [0, 0.1) is 5.92 Å². The number of esters is 1. The predicted molar refractivity (Wildman–Crippen MR) is 104 cm³/mol. The molecule has 0 bridgehead atoms. The summed E-state index contributed by atoms with van der Waals surface area (Å²) in [6, 6.07) is -0.816. The molecule has 11 nitrogen and oxygen atoms in total. The molecule has 0 aromatic heterocycles. The highest BCUT2D eigenvalue weighted by molar-refractivity contribution is 5.89. The molecule has 0 aromatic carbocycles. The van der Waals surface area contributed by atoms with Crippen LogP contribution >= 0.6 is 0 Å². The van der Waals surface area contributed by atoms with Crippen LogP contribution in [0.2, 0.25) is 0 Å². The average Bonchev–Trinajstić information content (AvgIpc) is 3.16. The molecule has 3 fully saturated rings. The lowest BCUT2D eigenvalue weighted by molar-refractivity contribution is -0.231. The van der Waals surface area contributed by atoms with Gasteiger partial charge in [0.15, 0.2) is 24.0 Å². The molecular weight excluding hydrogens is 412 g/mol. The molecule has 0 unspecified atom stereocenters. The topological polar surface area (TPSA) is 131 Å². The zero-order valence-corrected chi connectivity index (χ0v) is 18.9. The smallest absolute Gasteiger partial charge is 0.328 e. The molecule has 0 radical (unpaired) electrons. The van der Waals surface area contributed by atoms with Gasteiger partial charge in [-0.15, -0.1) is 0 Å². The van der Waals surface area contributed by atoms with Gasteiger partial charge in [-0.2, -0.15) is 0 Å². The van der Waals surface area contributed by atoms with Crippen molar-refractivity contribution in [1.29, 1.82) is 0 Å². The van der Waals surface area contributed by atoms with E-state index in [1.165, 1.54) is 7.11 Å². The first-order valence-electron chi connectivity index (χ1n) is 10.3. The molecule has 3 rings (SSSR count). The van der Waals surface area contributed by atoms with E-state index in [0.29, 0.717) is 0 Å². The van der Waals surface area contributed by atoms with Crippen molar-refractivity contribution in [3.05, 3.63) is 0 Å². The highest BCUT2D eigenvalue weighted by Crippen LogP contribution is 2.44. The van der Waals surface area contributed by atoms with Crippen molar-refractivity contribution >= 4 is 17.8 Å². The fourth-order valence-electron chi connectivity index (χ4n) is 3.94. The van der Waals surface area contributed by atoms with Crippen molar-refractivity contribution < 1.29 is 42.8 Å². The number of amides is 2. The Hall–Kier alpha value is -1.79. The Morgan fingerprint density at radius 1 is 0.935 bits per heavy atom. The van der Waals surface area contributed by atoms with Gasteiger partial charge in [-0.05, 0) is 33.6 Å². The van der Waals surface area contributed by atoms with E-state index in [1.807, 2.05) is 0 Å². The third-order valence-electron chi connectivity index (χ3n) is 5.27. The molecule has 0 saturated carbocycles. The fourth-order valence-corrected chi connectivity index (χ4v) is 3.94. The van der Waals surface area contributed by atoms with E-state index in [9.17, 15) is 14.4 Å². The minimum Gasteiger partial charge on any atom is -0.467 e. The highest BCUT2D eigenvalue weighted by Gasteiger charge is 2.62. The molecule has 6 atom stereocenters. The molecule has 0 aromatic rings. The summed E-state index contributed by atoms with van der Waals surface area (Å²) >= 11 is 0. The number of hydrogen-bond donors (Lipinski definition) is 2. The lowest BCUT2D eigenvalue weighted by Crippen LogP contribution is -2.60. The van der Waals surface area contributed by atoms with Crippen LogP contribution in [0.15, 0.2) is 0 Å². The third-order valence-corrected chi connectivity index (χ3v) is 5.27. The van der Waals surface area contributed by atoms with Gasteiger partial charge in [0.25, 0.3) is 5.91 Å². The van der Waals surface area contributed by atoms with Crippen LogP contribution in [0.5, 0.6) is 0 Å². The summed E-state index contributed by atoms with van der Waals surface area (Å²) < 4.78 is 34.1. The second-order valence-electron chi connectivity index (χ2n) is 9.12. The average molecular weight is 444 g/mol. The van der Waals surface area contributed by atoms with E-state index in [0.717, 1.165) is 0 Å². The predicted octanol–water partition coefficient (Wildman–Crippen LogP) is -0.187. The fraction of sp³-hybridized carbons (Fsp3) is 0.850. The summed E-state index contributed by atoms with van der Waals surface area (Å²) in [5.74, 6) is -3.67. The molecule has 3 aliphatic heterocycles. The van der Waals surface area contributed by atoms with Crippen molar-refractivity contribution in [2.75, 3.05) is 13.7 Å². The molecular formula is C20H32N2O9. The number of methoxy groups -OCH3 is 1. The summed E-state index contributed by atoms with van der Waals surface area (Å²) in [5.41, 5.74) is 0. The maximum absolute atomic E-state index is 12.9. The van der Waals surface area contributed by atoms with Crippen molar-refractivity contribution in [2.45, 2.75) is 89.9 Å². The number of rotatable bonds is 6. The first kappa shape index (κ1) is 23.9. The summed E-state index contributed by atoms with van der Waals surface area (Å²) in [4.78, 5) is 37.0. The lowest BCUT2D eigenvalue weighted by Gasteiger charge is -2.36. The lowest BCUT2D eigenvalue weighted by atomic mass is 9.98. The molecule has 3 aliphatic rings. The number of carbonyl (C=O) groups is 3. The Labute approximate surface area is 181 Å². The minimum absolute atomic E-state index is 0.180. The summed E-state index contributed by atoms with van der Waals surface area (Å²) in [6.07, 6.45) is -3.76. The maximum Gasteiger partial charge on any atom is 0.328 e. The Morgan fingerprint density at radius 3 is 2.13 bits per heavy atom. The molecule has 3 heterocycles. The van der Waals surface area contributed by atoms with E-state index < -0.39 is 66.1 Å². The van der Waals surface area contributed by atoms with Crippen molar-refractivity contribution in [2.24, 2.45) is 5.92 Å². The van der Waals surface area contributed by atoms with Gasteiger partial charge in [-0.1, -0.05) is 13.8 Å². The Balaban J connectivity index is 1.64. The SMILES string of the molecule is COC(=O)[C@@H](NC(=O)CNC(=O)[C@H]1O[C@@H]2OC(C)(C)O[C@@H]2[C@H]2OC(C)(C)O[C@H]21)C(C)C. The molecule has 176 valence electrons. The normalized spacial score (nSPS) is 33.9. The van der Waals surface area contributed by atoms with Gasteiger partial charge < -0.3 is 39.1 Å². The maximum atomic E-state index is 12.9. The number of fused-ring (bicyclic) bond motifs is 3. The molecule has 11 heteroatoms. The van der Waals surface area contributed by atoms with Crippen LogP contribution in [0.3, 0.4) is 0 Å². The van der Waals surface area contributed by atoms with Gasteiger partial charge in [-0.25, -0.2) is 4.79 Å². The van der Waals surface area contributed by atoms with Crippen LogP contribution in [0.25, 0.3) is 0 Å². The third kappa shape index (κ3) is 5.17. The van der Waals surface area contributed by atoms with E-state index in [-0.39, 0.29) is 12.5 Å². The van der Waals surface area contributed by atoms with Gasteiger partial charge in [0, 0.05) is 0 Å². The van der Waals surface area contributed by atoms with Crippen molar-refractivity contribution in [3.63, 3.8) is 0 Å². The largest absolute Gasteiger partial charge is 0.467 e.